The van der Waals surface area contributed by atoms with Crippen LogP contribution in [0, 0.1) is 10.8 Å². The third kappa shape index (κ3) is 1.70. The van der Waals surface area contributed by atoms with E-state index in [2.05, 4.69) is 0 Å². The van der Waals surface area contributed by atoms with Gasteiger partial charge in [-0.3, -0.25) is 0 Å². The second-order valence-corrected chi connectivity index (χ2v) is 4.08. The SMILES string of the molecule is CC(C)(CO)C(C)(C)CO. The monoisotopic (exact) mass is 146 g/mol. The number of hydrogen-bond donors (Lipinski definition) is 2. The molecule has 0 saturated carbocycles. The molecule has 0 unspecified atom stereocenters. The number of aliphatic hydroxyl groups is 2. The highest BCUT2D eigenvalue weighted by atomic mass is 16.3. The highest BCUT2D eigenvalue weighted by molar-refractivity contribution is 4.84. The molecule has 0 aromatic rings. The lowest BCUT2D eigenvalue weighted by atomic mass is 9.69. The van der Waals surface area contributed by atoms with E-state index in [-0.39, 0.29) is 24.0 Å². The van der Waals surface area contributed by atoms with Crippen LogP contribution in [-0.2, 0) is 0 Å². The molecule has 2 N–H and O–H groups in total. The van der Waals surface area contributed by atoms with Gasteiger partial charge in [0.2, 0.25) is 0 Å². The van der Waals surface area contributed by atoms with Crippen molar-refractivity contribution in [1.29, 1.82) is 0 Å². The molecule has 2 heteroatoms. The third-order valence-electron chi connectivity index (χ3n) is 2.62. The molecule has 0 amide bonds. The molecule has 0 aliphatic heterocycles. The van der Waals surface area contributed by atoms with Crippen molar-refractivity contribution < 1.29 is 10.2 Å². The fourth-order valence-corrected chi connectivity index (χ4v) is 0.428. The average Bonchev–Trinajstić information content (AvgIpc) is 1.88. The van der Waals surface area contributed by atoms with E-state index < -0.39 is 0 Å². The van der Waals surface area contributed by atoms with Gasteiger partial charge in [-0.05, 0) is 10.8 Å². The van der Waals surface area contributed by atoms with Crippen LogP contribution < -0.4 is 0 Å². The molecule has 0 saturated heterocycles. The first-order valence-electron chi connectivity index (χ1n) is 3.59. The molecule has 0 spiro atoms. The lowest BCUT2D eigenvalue weighted by Gasteiger charge is -2.38. The van der Waals surface area contributed by atoms with E-state index in [0.29, 0.717) is 0 Å². The molecule has 62 valence electrons. The van der Waals surface area contributed by atoms with Crippen LogP contribution in [0.5, 0.6) is 0 Å². The highest BCUT2D eigenvalue weighted by Crippen LogP contribution is 2.36. The van der Waals surface area contributed by atoms with Gasteiger partial charge in [0, 0.05) is 13.2 Å². The lowest BCUT2D eigenvalue weighted by Crippen LogP contribution is -2.38. The van der Waals surface area contributed by atoms with Crippen LogP contribution >= 0.6 is 0 Å². The second-order valence-electron chi connectivity index (χ2n) is 4.08. The highest BCUT2D eigenvalue weighted by Gasteiger charge is 2.35. The number of rotatable bonds is 3. The van der Waals surface area contributed by atoms with E-state index in [1.807, 2.05) is 27.7 Å². The van der Waals surface area contributed by atoms with Crippen LogP contribution in [0.1, 0.15) is 27.7 Å². The standard InChI is InChI=1S/C8H18O2/c1-7(2,5-9)8(3,4)6-10/h9-10H,5-6H2,1-4H3. The lowest BCUT2D eigenvalue weighted by molar-refractivity contribution is -0.00563. The van der Waals surface area contributed by atoms with E-state index in [4.69, 9.17) is 10.2 Å². The first-order valence-corrected chi connectivity index (χ1v) is 3.59. The molecule has 0 rings (SSSR count). The molecule has 0 fully saturated rings. The van der Waals surface area contributed by atoms with Crippen molar-refractivity contribution in [1.82, 2.24) is 0 Å². The van der Waals surface area contributed by atoms with Crippen LogP contribution in [0.3, 0.4) is 0 Å². The Kier molecular flexibility index (Phi) is 2.86. The summed E-state index contributed by atoms with van der Waals surface area (Å²) >= 11 is 0. The average molecular weight is 146 g/mol. The fraction of sp³-hybridized carbons (Fsp3) is 1.00. The van der Waals surface area contributed by atoms with Crippen LogP contribution in [0.4, 0.5) is 0 Å². The van der Waals surface area contributed by atoms with Gasteiger partial charge < -0.3 is 10.2 Å². The Bertz CT molecular complexity index is 91.8. The Labute approximate surface area is 62.9 Å². The van der Waals surface area contributed by atoms with Gasteiger partial charge in [0.25, 0.3) is 0 Å². The van der Waals surface area contributed by atoms with E-state index in [1.165, 1.54) is 0 Å². The van der Waals surface area contributed by atoms with Crippen molar-refractivity contribution in [2.45, 2.75) is 27.7 Å². The third-order valence-corrected chi connectivity index (χ3v) is 2.62. The molecule has 0 aliphatic carbocycles. The van der Waals surface area contributed by atoms with Gasteiger partial charge in [-0.2, -0.15) is 0 Å². The summed E-state index contributed by atoms with van der Waals surface area (Å²) in [5, 5.41) is 17.9. The number of aliphatic hydroxyl groups excluding tert-OH is 2. The Morgan fingerprint density at radius 3 is 1.10 bits per heavy atom. The normalized spacial score (nSPS) is 13.8. The van der Waals surface area contributed by atoms with Gasteiger partial charge in [0.1, 0.15) is 0 Å². The predicted octanol–water partition coefficient (Wildman–Crippen LogP) is 1.02. The summed E-state index contributed by atoms with van der Waals surface area (Å²) in [4.78, 5) is 0. The quantitative estimate of drug-likeness (QED) is 0.624. The van der Waals surface area contributed by atoms with Crippen LogP contribution in [0.15, 0.2) is 0 Å². The largest absolute Gasteiger partial charge is 0.396 e. The van der Waals surface area contributed by atoms with Crippen molar-refractivity contribution in [2.24, 2.45) is 10.8 Å². The minimum absolute atomic E-state index is 0.112. The van der Waals surface area contributed by atoms with Crippen molar-refractivity contribution >= 4 is 0 Å². The van der Waals surface area contributed by atoms with Crippen LogP contribution in [0.25, 0.3) is 0 Å². The zero-order valence-electron chi connectivity index (χ0n) is 7.31. The Morgan fingerprint density at radius 2 is 1.00 bits per heavy atom. The minimum atomic E-state index is -0.207. The number of hydrogen-bond acceptors (Lipinski definition) is 2. The van der Waals surface area contributed by atoms with Gasteiger partial charge in [-0.15, -0.1) is 0 Å². The summed E-state index contributed by atoms with van der Waals surface area (Å²) in [7, 11) is 0. The predicted molar refractivity (Wildman–Crippen MR) is 41.7 cm³/mol. The molecule has 2 nitrogen and oxygen atoms in total. The van der Waals surface area contributed by atoms with Gasteiger partial charge in [0.15, 0.2) is 0 Å². The van der Waals surface area contributed by atoms with Crippen molar-refractivity contribution in [2.75, 3.05) is 13.2 Å². The molecular weight excluding hydrogens is 128 g/mol. The zero-order chi connectivity index (χ0) is 8.41. The molecule has 0 aromatic carbocycles. The van der Waals surface area contributed by atoms with Crippen LogP contribution in [0.2, 0.25) is 0 Å². The molecule has 10 heavy (non-hydrogen) atoms. The Morgan fingerprint density at radius 1 is 0.800 bits per heavy atom. The van der Waals surface area contributed by atoms with E-state index in [9.17, 15) is 0 Å². The van der Waals surface area contributed by atoms with E-state index in [0.717, 1.165) is 0 Å². The zero-order valence-corrected chi connectivity index (χ0v) is 7.31. The maximum Gasteiger partial charge on any atom is 0.0488 e. The Balaban J connectivity index is 4.28. The minimum Gasteiger partial charge on any atom is -0.396 e. The molecule has 0 aliphatic rings. The molecule has 0 heterocycles. The van der Waals surface area contributed by atoms with Gasteiger partial charge in [-0.25, -0.2) is 0 Å². The van der Waals surface area contributed by atoms with Gasteiger partial charge in [0.05, 0.1) is 0 Å². The van der Waals surface area contributed by atoms with Gasteiger partial charge in [-0.1, -0.05) is 27.7 Å². The summed E-state index contributed by atoms with van der Waals surface area (Å²) in [6, 6.07) is 0. The van der Waals surface area contributed by atoms with Crippen molar-refractivity contribution in [3.05, 3.63) is 0 Å². The second kappa shape index (κ2) is 2.89. The van der Waals surface area contributed by atoms with Crippen molar-refractivity contribution in [3.8, 4) is 0 Å². The summed E-state index contributed by atoms with van der Waals surface area (Å²) in [5.74, 6) is 0. The first kappa shape index (κ1) is 9.92. The summed E-state index contributed by atoms with van der Waals surface area (Å²) in [6.45, 7) is 8.01. The smallest absolute Gasteiger partial charge is 0.0488 e. The molecule has 0 radical (unpaired) electrons. The molecular formula is C8H18O2. The first-order chi connectivity index (χ1) is 4.37. The van der Waals surface area contributed by atoms with Crippen LogP contribution in [-0.4, -0.2) is 23.4 Å². The summed E-state index contributed by atoms with van der Waals surface area (Å²) < 4.78 is 0. The fourth-order valence-electron chi connectivity index (χ4n) is 0.428. The van der Waals surface area contributed by atoms with Crippen molar-refractivity contribution in [3.63, 3.8) is 0 Å². The Hall–Kier alpha value is -0.0800. The maximum absolute atomic E-state index is 8.95. The van der Waals surface area contributed by atoms with E-state index in [1.54, 1.807) is 0 Å². The molecule has 0 bridgehead atoms. The van der Waals surface area contributed by atoms with E-state index >= 15 is 0 Å². The summed E-state index contributed by atoms with van der Waals surface area (Å²) in [6.07, 6.45) is 0. The van der Waals surface area contributed by atoms with Gasteiger partial charge >= 0.3 is 0 Å². The summed E-state index contributed by atoms with van der Waals surface area (Å²) in [5.41, 5.74) is -0.413. The molecule has 0 atom stereocenters. The molecule has 0 aromatic heterocycles. The topological polar surface area (TPSA) is 40.5 Å². The maximum atomic E-state index is 8.95.